The van der Waals surface area contributed by atoms with Gasteiger partial charge in [0.15, 0.2) is 0 Å². The van der Waals surface area contributed by atoms with Crippen molar-refractivity contribution in [3.63, 3.8) is 0 Å². The average Bonchev–Trinajstić information content (AvgIpc) is 3.26. The van der Waals surface area contributed by atoms with E-state index in [1.54, 1.807) is 4.90 Å². The van der Waals surface area contributed by atoms with E-state index in [-0.39, 0.29) is 43.2 Å². The molecule has 3 saturated heterocycles. The number of hydrogen-bond donors (Lipinski definition) is 0. The molecule has 3 aliphatic rings. The highest BCUT2D eigenvalue weighted by Gasteiger charge is 2.58. The fourth-order valence-electron chi connectivity index (χ4n) is 5.06. The molecule has 10 heteroatoms. The SMILES string of the molecule is CN1[C@@H]2CCN(C(=O)c3cc(F)ccc3F)C[C@@]2(C(=O)N2CCCC2)CCS1(=O)=O. The monoisotopic (exact) mass is 441 g/mol. The van der Waals surface area contributed by atoms with Crippen LogP contribution in [0.3, 0.4) is 0 Å². The van der Waals surface area contributed by atoms with Crippen molar-refractivity contribution < 1.29 is 26.8 Å². The summed E-state index contributed by atoms with van der Waals surface area (Å²) in [5, 5.41) is 0. The number of halogens is 2. The molecule has 164 valence electrons. The molecular formula is C20H25F2N3O4S. The summed E-state index contributed by atoms with van der Waals surface area (Å²) in [6, 6.07) is 2.14. The quantitative estimate of drug-likeness (QED) is 0.696. The van der Waals surface area contributed by atoms with Crippen molar-refractivity contribution in [2.24, 2.45) is 5.41 Å². The molecule has 0 spiro atoms. The highest BCUT2D eigenvalue weighted by Crippen LogP contribution is 2.44. The van der Waals surface area contributed by atoms with Gasteiger partial charge in [0, 0.05) is 39.3 Å². The average molecular weight is 442 g/mol. The zero-order valence-electron chi connectivity index (χ0n) is 16.8. The normalized spacial score (nSPS) is 29.0. The Morgan fingerprint density at radius 2 is 1.80 bits per heavy atom. The third-order valence-electron chi connectivity index (χ3n) is 6.73. The minimum Gasteiger partial charge on any atom is -0.342 e. The highest BCUT2D eigenvalue weighted by atomic mass is 32.2. The summed E-state index contributed by atoms with van der Waals surface area (Å²) >= 11 is 0. The molecule has 2 amide bonds. The fraction of sp³-hybridized carbons (Fsp3) is 0.600. The molecule has 0 bridgehead atoms. The van der Waals surface area contributed by atoms with Crippen molar-refractivity contribution in [1.82, 2.24) is 14.1 Å². The molecule has 3 aliphatic heterocycles. The highest BCUT2D eigenvalue weighted by molar-refractivity contribution is 7.89. The fourth-order valence-corrected chi connectivity index (χ4v) is 6.67. The van der Waals surface area contributed by atoms with Crippen molar-refractivity contribution in [3.05, 3.63) is 35.4 Å². The maximum atomic E-state index is 14.2. The molecule has 0 saturated carbocycles. The van der Waals surface area contributed by atoms with E-state index in [1.807, 2.05) is 0 Å². The van der Waals surface area contributed by atoms with Crippen LogP contribution in [0, 0.1) is 17.0 Å². The standard InChI is InChI=1S/C20H25F2N3O4S/c1-23-17-6-10-25(18(26)15-12-14(21)4-5-16(15)22)13-20(17,7-11-30(23,28)29)19(27)24-8-2-3-9-24/h4-5,12,17H,2-3,6-11,13H2,1H3/t17-,20+/m1/s1. The summed E-state index contributed by atoms with van der Waals surface area (Å²) in [5.74, 6) is -2.57. The largest absolute Gasteiger partial charge is 0.342 e. The second kappa shape index (κ2) is 7.56. The molecule has 0 N–H and O–H groups in total. The van der Waals surface area contributed by atoms with Gasteiger partial charge >= 0.3 is 0 Å². The molecule has 0 aliphatic carbocycles. The maximum absolute atomic E-state index is 14.2. The van der Waals surface area contributed by atoms with Gasteiger partial charge in [0.2, 0.25) is 15.9 Å². The van der Waals surface area contributed by atoms with Crippen molar-refractivity contribution in [2.45, 2.75) is 31.7 Å². The number of hydrogen-bond acceptors (Lipinski definition) is 4. The topological polar surface area (TPSA) is 78.0 Å². The van der Waals surface area contributed by atoms with Gasteiger partial charge in [-0.25, -0.2) is 21.5 Å². The van der Waals surface area contributed by atoms with Crippen LogP contribution in [-0.4, -0.2) is 79.4 Å². The van der Waals surface area contributed by atoms with E-state index >= 15 is 0 Å². The molecule has 1 aromatic rings. The van der Waals surface area contributed by atoms with Gasteiger partial charge in [0.1, 0.15) is 11.6 Å². The predicted octanol–water partition coefficient (Wildman–Crippen LogP) is 1.45. The Hall–Kier alpha value is -2.07. The first-order valence-electron chi connectivity index (χ1n) is 10.2. The van der Waals surface area contributed by atoms with Gasteiger partial charge < -0.3 is 9.80 Å². The first-order chi connectivity index (χ1) is 14.2. The first kappa shape index (κ1) is 21.2. The van der Waals surface area contributed by atoms with Gasteiger partial charge in [0.05, 0.1) is 16.7 Å². The van der Waals surface area contributed by atoms with E-state index < -0.39 is 39.0 Å². The van der Waals surface area contributed by atoms with Gasteiger partial charge in [-0.1, -0.05) is 0 Å². The summed E-state index contributed by atoms with van der Waals surface area (Å²) < 4.78 is 54.0. The molecule has 1 aromatic carbocycles. The summed E-state index contributed by atoms with van der Waals surface area (Å²) in [7, 11) is -2.00. The minimum absolute atomic E-state index is 0.0123. The molecule has 3 fully saturated rings. The molecule has 0 aromatic heterocycles. The van der Waals surface area contributed by atoms with Crippen LogP contribution in [0.2, 0.25) is 0 Å². The van der Waals surface area contributed by atoms with E-state index in [2.05, 4.69) is 0 Å². The lowest BCUT2D eigenvalue weighted by molar-refractivity contribution is -0.148. The van der Waals surface area contributed by atoms with E-state index in [9.17, 15) is 26.8 Å². The second-order valence-electron chi connectivity index (χ2n) is 8.39. The van der Waals surface area contributed by atoms with Crippen LogP contribution in [-0.2, 0) is 14.8 Å². The Balaban J connectivity index is 1.69. The molecule has 2 atom stereocenters. The summed E-state index contributed by atoms with van der Waals surface area (Å²) in [6.07, 6.45) is 2.14. The van der Waals surface area contributed by atoms with Crippen LogP contribution in [0.15, 0.2) is 18.2 Å². The van der Waals surface area contributed by atoms with Crippen molar-refractivity contribution in [3.8, 4) is 0 Å². The Morgan fingerprint density at radius 3 is 2.50 bits per heavy atom. The molecule has 0 radical (unpaired) electrons. The van der Waals surface area contributed by atoms with Gasteiger partial charge in [0.25, 0.3) is 5.91 Å². The van der Waals surface area contributed by atoms with Gasteiger partial charge in [-0.2, -0.15) is 0 Å². The number of amides is 2. The van der Waals surface area contributed by atoms with E-state index in [0.717, 1.165) is 31.0 Å². The number of likely N-dealkylation sites (tertiary alicyclic amines) is 2. The van der Waals surface area contributed by atoms with Crippen molar-refractivity contribution >= 4 is 21.8 Å². The van der Waals surface area contributed by atoms with Gasteiger partial charge in [-0.3, -0.25) is 9.59 Å². The molecule has 4 rings (SSSR count). The summed E-state index contributed by atoms with van der Waals surface area (Å²) in [5.41, 5.74) is -1.46. The lowest BCUT2D eigenvalue weighted by atomic mass is 9.71. The summed E-state index contributed by atoms with van der Waals surface area (Å²) in [6.45, 7) is 1.36. The number of rotatable bonds is 2. The van der Waals surface area contributed by atoms with Crippen LogP contribution in [0.5, 0.6) is 0 Å². The lowest BCUT2D eigenvalue weighted by Gasteiger charge is -2.53. The van der Waals surface area contributed by atoms with Crippen LogP contribution in [0.4, 0.5) is 8.78 Å². The van der Waals surface area contributed by atoms with Crippen molar-refractivity contribution in [2.75, 3.05) is 39.0 Å². The number of fused-ring (bicyclic) bond motifs is 1. The minimum atomic E-state index is -3.48. The molecular weight excluding hydrogens is 416 g/mol. The smallest absolute Gasteiger partial charge is 0.256 e. The van der Waals surface area contributed by atoms with Crippen LogP contribution in [0.25, 0.3) is 0 Å². The van der Waals surface area contributed by atoms with E-state index in [4.69, 9.17) is 0 Å². The first-order valence-corrected chi connectivity index (χ1v) is 11.8. The Labute approximate surface area is 174 Å². The third-order valence-corrected chi connectivity index (χ3v) is 8.58. The molecule has 7 nitrogen and oxygen atoms in total. The Bertz CT molecular complexity index is 980. The number of piperidine rings is 1. The van der Waals surface area contributed by atoms with Crippen LogP contribution < -0.4 is 0 Å². The maximum Gasteiger partial charge on any atom is 0.256 e. The number of carbonyl (C=O) groups is 2. The predicted molar refractivity (Wildman–Crippen MR) is 105 cm³/mol. The van der Waals surface area contributed by atoms with Crippen LogP contribution in [0.1, 0.15) is 36.0 Å². The number of benzene rings is 1. The molecule has 3 heterocycles. The van der Waals surface area contributed by atoms with Gasteiger partial charge in [-0.05, 0) is 43.9 Å². The van der Waals surface area contributed by atoms with Gasteiger partial charge in [-0.15, -0.1) is 0 Å². The number of nitrogens with zero attached hydrogens (tertiary/aromatic N) is 3. The molecule has 0 unspecified atom stereocenters. The zero-order valence-corrected chi connectivity index (χ0v) is 17.6. The molecule has 30 heavy (non-hydrogen) atoms. The lowest BCUT2D eigenvalue weighted by Crippen LogP contribution is -2.68. The van der Waals surface area contributed by atoms with E-state index in [0.29, 0.717) is 13.1 Å². The Morgan fingerprint density at radius 1 is 1.10 bits per heavy atom. The van der Waals surface area contributed by atoms with Crippen LogP contribution >= 0.6 is 0 Å². The number of carbonyl (C=O) groups excluding carboxylic acids is 2. The van der Waals surface area contributed by atoms with Crippen molar-refractivity contribution in [1.29, 1.82) is 0 Å². The van der Waals surface area contributed by atoms with E-state index in [1.165, 1.54) is 16.3 Å². The zero-order chi connectivity index (χ0) is 21.7. The second-order valence-corrected chi connectivity index (χ2v) is 10.5. The summed E-state index contributed by atoms with van der Waals surface area (Å²) in [4.78, 5) is 29.7. The Kier molecular flexibility index (Phi) is 5.34. The third kappa shape index (κ3) is 3.39. The number of sulfonamides is 1.